The first kappa shape index (κ1) is 15.2. The largest absolute Gasteiger partial charge is 0.488 e. The van der Waals surface area contributed by atoms with E-state index in [0.29, 0.717) is 6.54 Å². The van der Waals surface area contributed by atoms with E-state index >= 15 is 0 Å². The van der Waals surface area contributed by atoms with Crippen LogP contribution in [-0.4, -0.2) is 35.2 Å². The van der Waals surface area contributed by atoms with Gasteiger partial charge in [-0.2, -0.15) is 0 Å². The first-order valence-electron chi connectivity index (χ1n) is 6.44. The van der Waals surface area contributed by atoms with E-state index in [4.69, 9.17) is 10.0 Å². The Morgan fingerprint density at radius 3 is 2.50 bits per heavy atom. The van der Waals surface area contributed by atoms with Crippen LogP contribution in [0.25, 0.3) is 0 Å². The molecule has 1 aromatic rings. The summed E-state index contributed by atoms with van der Waals surface area (Å²) in [6.45, 7) is 6.70. The molecule has 0 saturated carbocycles. The van der Waals surface area contributed by atoms with Crippen molar-refractivity contribution in [1.29, 1.82) is 0 Å². The Bertz CT molecular complexity index is 374. The van der Waals surface area contributed by atoms with Crippen LogP contribution >= 0.6 is 0 Å². The van der Waals surface area contributed by atoms with Crippen LogP contribution in [0.5, 0.6) is 0 Å². The molecule has 0 amide bonds. The second kappa shape index (κ2) is 7.51. The third-order valence-electron chi connectivity index (χ3n) is 2.96. The molecule has 2 N–H and O–H groups in total. The van der Waals surface area contributed by atoms with Crippen LogP contribution in [0.1, 0.15) is 32.3 Å². The molecule has 0 aromatic heterocycles. The summed E-state index contributed by atoms with van der Waals surface area (Å²) in [5.74, 6) is -0.429. The first-order valence-corrected chi connectivity index (χ1v) is 6.44. The molecule has 0 fully saturated rings. The molecule has 1 aromatic carbocycles. The van der Waals surface area contributed by atoms with Crippen molar-refractivity contribution < 1.29 is 14.4 Å². The zero-order chi connectivity index (χ0) is 13.5. The molecule has 0 aliphatic rings. The van der Waals surface area contributed by atoms with Crippen molar-refractivity contribution in [3.8, 4) is 0 Å². The average Bonchev–Trinajstić information content (AvgIpc) is 2.33. The van der Waals surface area contributed by atoms with Gasteiger partial charge in [-0.3, -0.25) is 4.90 Å². The minimum absolute atomic E-state index is 0.205. The van der Waals surface area contributed by atoms with Gasteiger partial charge in [0.1, 0.15) is 5.82 Å². The van der Waals surface area contributed by atoms with E-state index in [0.717, 1.165) is 37.6 Å². The standard InChI is InChI=1S/C13H21BFNO2/c1-3-5-6-16(4-2)10-11-7-12(14(17)18)9-13(15)8-11/h7-9,17-18H,3-6,10H2,1-2H3. The van der Waals surface area contributed by atoms with E-state index < -0.39 is 12.9 Å². The molecule has 18 heavy (non-hydrogen) atoms. The maximum Gasteiger partial charge on any atom is 0.488 e. The smallest absolute Gasteiger partial charge is 0.423 e. The van der Waals surface area contributed by atoms with Gasteiger partial charge in [0.15, 0.2) is 0 Å². The van der Waals surface area contributed by atoms with Crippen molar-refractivity contribution in [1.82, 2.24) is 4.90 Å². The third kappa shape index (κ3) is 4.76. The molecule has 0 aliphatic heterocycles. The molecule has 100 valence electrons. The molecule has 0 radical (unpaired) electrons. The minimum Gasteiger partial charge on any atom is -0.423 e. The number of rotatable bonds is 7. The molecule has 0 heterocycles. The highest BCUT2D eigenvalue weighted by molar-refractivity contribution is 6.58. The number of hydrogen-bond acceptors (Lipinski definition) is 3. The fraction of sp³-hybridized carbons (Fsp3) is 0.538. The molecule has 0 spiro atoms. The number of hydrogen-bond donors (Lipinski definition) is 2. The predicted molar refractivity (Wildman–Crippen MR) is 72.1 cm³/mol. The van der Waals surface area contributed by atoms with Crippen molar-refractivity contribution in [2.24, 2.45) is 0 Å². The molecular formula is C13H21BFNO2. The van der Waals surface area contributed by atoms with E-state index in [-0.39, 0.29) is 5.46 Å². The summed E-state index contributed by atoms with van der Waals surface area (Å²) in [6, 6.07) is 4.24. The van der Waals surface area contributed by atoms with Crippen molar-refractivity contribution in [2.75, 3.05) is 13.1 Å². The number of nitrogens with zero attached hydrogens (tertiary/aromatic N) is 1. The summed E-state index contributed by atoms with van der Waals surface area (Å²) in [5.41, 5.74) is 0.979. The van der Waals surface area contributed by atoms with Gasteiger partial charge in [0.05, 0.1) is 0 Å². The van der Waals surface area contributed by atoms with Gasteiger partial charge in [0.25, 0.3) is 0 Å². The lowest BCUT2D eigenvalue weighted by Gasteiger charge is -2.20. The number of benzene rings is 1. The third-order valence-corrected chi connectivity index (χ3v) is 2.96. The van der Waals surface area contributed by atoms with Gasteiger partial charge in [-0.25, -0.2) is 4.39 Å². The molecule has 1 rings (SSSR count). The Kier molecular flexibility index (Phi) is 6.32. The van der Waals surface area contributed by atoms with Crippen LogP contribution in [0.2, 0.25) is 0 Å². The second-order valence-electron chi connectivity index (χ2n) is 4.49. The van der Waals surface area contributed by atoms with Crippen LogP contribution in [0, 0.1) is 5.82 Å². The average molecular weight is 253 g/mol. The molecule has 0 aliphatic carbocycles. The Hall–Kier alpha value is -0.905. The van der Waals surface area contributed by atoms with Gasteiger partial charge >= 0.3 is 7.12 Å². The summed E-state index contributed by atoms with van der Waals surface area (Å²) >= 11 is 0. The van der Waals surface area contributed by atoms with Crippen molar-refractivity contribution in [2.45, 2.75) is 33.2 Å². The van der Waals surface area contributed by atoms with Crippen LogP contribution in [-0.2, 0) is 6.54 Å². The highest BCUT2D eigenvalue weighted by Crippen LogP contribution is 2.07. The second-order valence-corrected chi connectivity index (χ2v) is 4.49. The lowest BCUT2D eigenvalue weighted by atomic mass is 9.79. The maximum absolute atomic E-state index is 13.4. The summed E-state index contributed by atoms with van der Waals surface area (Å²) in [4.78, 5) is 2.21. The quantitative estimate of drug-likeness (QED) is 0.716. The predicted octanol–water partition coefficient (Wildman–Crippen LogP) is 1.13. The van der Waals surface area contributed by atoms with Gasteiger partial charge < -0.3 is 10.0 Å². The van der Waals surface area contributed by atoms with E-state index in [2.05, 4.69) is 18.7 Å². The molecule has 0 bridgehead atoms. The first-order chi connectivity index (χ1) is 8.56. The van der Waals surface area contributed by atoms with Crippen LogP contribution < -0.4 is 5.46 Å². The van der Waals surface area contributed by atoms with Crippen LogP contribution in [0.15, 0.2) is 18.2 Å². The summed E-state index contributed by atoms with van der Waals surface area (Å²) in [5, 5.41) is 18.2. The highest BCUT2D eigenvalue weighted by atomic mass is 19.1. The normalized spacial score (nSPS) is 11.0. The molecular weight excluding hydrogens is 232 g/mol. The minimum atomic E-state index is -1.62. The van der Waals surface area contributed by atoms with E-state index in [1.54, 1.807) is 6.07 Å². The molecule has 0 saturated heterocycles. The van der Waals surface area contributed by atoms with Gasteiger partial charge in [0.2, 0.25) is 0 Å². The molecule has 3 nitrogen and oxygen atoms in total. The Morgan fingerprint density at radius 2 is 1.94 bits per heavy atom. The van der Waals surface area contributed by atoms with Crippen molar-refractivity contribution in [3.63, 3.8) is 0 Å². The van der Waals surface area contributed by atoms with E-state index in [9.17, 15) is 4.39 Å². The summed E-state index contributed by atoms with van der Waals surface area (Å²) in [7, 11) is -1.62. The van der Waals surface area contributed by atoms with Crippen LogP contribution in [0.3, 0.4) is 0 Å². The lowest BCUT2D eigenvalue weighted by Crippen LogP contribution is -2.31. The molecule has 0 unspecified atom stereocenters. The summed E-state index contributed by atoms with van der Waals surface area (Å²) < 4.78 is 13.4. The van der Waals surface area contributed by atoms with Crippen molar-refractivity contribution in [3.05, 3.63) is 29.6 Å². The highest BCUT2D eigenvalue weighted by Gasteiger charge is 2.14. The Balaban J connectivity index is 2.75. The van der Waals surface area contributed by atoms with Gasteiger partial charge in [-0.15, -0.1) is 0 Å². The maximum atomic E-state index is 13.4. The number of unbranched alkanes of at least 4 members (excludes halogenated alkanes) is 1. The van der Waals surface area contributed by atoms with Gasteiger partial charge in [0, 0.05) is 6.54 Å². The summed E-state index contributed by atoms with van der Waals surface area (Å²) in [6.07, 6.45) is 2.24. The molecule has 0 atom stereocenters. The van der Waals surface area contributed by atoms with E-state index in [1.807, 2.05) is 0 Å². The Labute approximate surface area is 108 Å². The van der Waals surface area contributed by atoms with Crippen molar-refractivity contribution >= 4 is 12.6 Å². The van der Waals surface area contributed by atoms with Gasteiger partial charge in [-0.1, -0.05) is 26.3 Å². The van der Waals surface area contributed by atoms with E-state index in [1.165, 1.54) is 6.07 Å². The monoisotopic (exact) mass is 253 g/mol. The van der Waals surface area contributed by atoms with Crippen LogP contribution in [0.4, 0.5) is 4.39 Å². The molecule has 5 heteroatoms. The zero-order valence-corrected chi connectivity index (χ0v) is 11.1. The fourth-order valence-electron chi connectivity index (χ4n) is 1.90. The Morgan fingerprint density at radius 1 is 1.22 bits per heavy atom. The fourth-order valence-corrected chi connectivity index (χ4v) is 1.90. The zero-order valence-electron chi connectivity index (χ0n) is 11.1. The topological polar surface area (TPSA) is 43.7 Å². The lowest BCUT2D eigenvalue weighted by molar-refractivity contribution is 0.275. The van der Waals surface area contributed by atoms with Gasteiger partial charge in [-0.05, 0) is 42.7 Å². The SMILES string of the molecule is CCCCN(CC)Cc1cc(F)cc(B(O)O)c1. The number of halogens is 1.